The summed E-state index contributed by atoms with van der Waals surface area (Å²) < 4.78 is 4.99. The molecule has 1 fully saturated rings. The Labute approximate surface area is 132 Å². The van der Waals surface area contributed by atoms with Gasteiger partial charge in [0.15, 0.2) is 0 Å². The predicted octanol–water partition coefficient (Wildman–Crippen LogP) is 2.98. The van der Waals surface area contributed by atoms with Crippen molar-refractivity contribution in [3.8, 4) is 0 Å². The lowest BCUT2D eigenvalue weighted by molar-refractivity contribution is 0.198. The van der Waals surface area contributed by atoms with E-state index in [0.29, 0.717) is 11.7 Å². The SMILES string of the molecule is COCCCNc1ccc(NC(=O)NC2CCCCC2)cn1. The number of anilines is 2. The van der Waals surface area contributed by atoms with Crippen LogP contribution in [0.15, 0.2) is 18.3 Å². The third-order valence-corrected chi connectivity index (χ3v) is 3.79. The lowest BCUT2D eigenvalue weighted by atomic mass is 9.96. The molecule has 6 nitrogen and oxygen atoms in total. The van der Waals surface area contributed by atoms with Gasteiger partial charge in [0.05, 0.1) is 11.9 Å². The van der Waals surface area contributed by atoms with Gasteiger partial charge in [-0.05, 0) is 31.4 Å². The molecule has 0 spiro atoms. The van der Waals surface area contributed by atoms with Crippen LogP contribution >= 0.6 is 0 Å². The van der Waals surface area contributed by atoms with E-state index in [9.17, 15) is 4.79 Å². The van der Waals surface area contributed by atoms with Gasteiger partial charge < -0.3 is 20.7 Å². The molecule has 0 unspecified atom stereocenters. The van der Waals surface area contributed by atoms with Crippen molar-refractivity contribution in [3.63, 3.8) is 0 Å². The summed E-state index contributed by atoms with van der Waals surface area (Å²) in [5, 5.41) is 9.06. The largest absolute Gasteiger partial charge is 0.385 e. The highest BCUT2D eigenvalue weighted by Crippen LogP contribution is 2.17. The molecule has 3 N–H and O–H groups in total. The Kier molecular flexibility index (Phi) is 6.96. The van der Waals surface area contributed by atoms with Crippen molar-refractivity contribution in [3.05, 3.63) is 18.3 Å². The van der Waals surface area contributed by atoms with Crippen molar-refractivity contribution >= 4 is 17.5 Å². The highest BCUT2D eigenvalue weighted by molar-refractivity contribution is 5.89. The molecule has 1 aliphatic rings. The average Bonchev–Trinajstić information content (AvgIpc) is 2.54. The van der Waals surface area contributed by atoms with Gasteiger partial charge in [-0.3, -0.25) is 0 Å². The summed E-state index contributed by atoms with van der Waals surface area (Å²) in [6.07, 6.45) is 8.45. The Bertz CT molecular complexity index is 444. The molecule has 1 heterocycles. The first kappa shape index (κ1) is 16.5. The van der Waals surface area contributed by atoms with Crippen LogP contribution in [-0.4, -0.2) is 37.3 Å². The van der Waals surface area contributed by atoms with Gasteiger partial charge in [-0.2, -0.15) is 0 Å². The van der Waals surface area contributed by atoms with Crippen LogP contribution in [0.5, 0.6) is 0 Å². The van der Waals surface area contributed by atoms with Crippen LogP contribution in [0.4, 0.5) is 16.3 Å². The van der Waals surface area contributed by atoms with Crippen molar-refractivity contribution in [2.45, 2.75) is 44.6 Å². The summed E-state index contributed by atoms with van der Waals surface area (Å²) in [5.41, 5.74) is 0.704. The zero-order valence-corrected chi connectivity index (χ0v) is 13.2. The summed E-state index contributed by atoms with van der Waals surface area (Å²) in [6, 6.07) is 3.88. The van der Waals surface area contributed by atoms with E-state index in [4.69, 9.17) is 4.74 Å². The molecule has 0 aromatic carbocycles. The smallest absolute Gasteiger partial charge is 0.319 e. The standard InChI is InChI=1S/C16H26N4O2/c1-22-11-5-10-17-15-9-8-14(12-18-15)20-16(21)19-13-6-3-2-4-7-13/h8-9,12-13H,2-7,10-11H2,1H3,(H,17,18)(H2,19,20,21). The maximum absolute atomic E-state index is 11.9. The van der Waals surface area contributed by atoms with E-state index in [1.54, 1.807) is 13.3 Å². The number of aromatic nitrogens is 1. The summed E-state index contributed by atoms with van der Waals surface area (Å²) >= 11 is 0. The highest BCUT2D eigenvalue weighted by atomic mass is 16.5. The molecule has 0 aliphatic heterocycles. The van der Waals surface area contributed by atoms with E-state index in [-0.39, 0.29) is 6.03 Å². The minimum absolute atomic E-state index is 0.144. The number of hydrogen-bond donors (Lipinski definition) is 3. The van der Waals surface area contributed by atoms with Gasteiger partial charge in [0.25, 0.3) is 0 Å². The minimum atomic E-state index is -0.144. The molecule has 6 heteroatoms. The van der Waals surface area contributed by atoms with Crippen LogP contribution in [0.25, 0.3) is 0 Å². The maximum Gasteiger partial charge on any atom is 0.319 e. The van der Waals surface area contributed by atoms with E-state index in [2.05, 4.69) is 20.9 Å². The number of amides is 2. The molecule has 1 saturated carbocycles. The zero-order valence-electron chi connectivity index (χ0n) is 13.2. The Hall–Kier alpha value is -1.82. The summed E-state index contributed by atoms with van der Waals surface area (Å²) in [4.78, 5) is 16.2. The van der Waals surface area contributed by atoms with E-state index >= 15 is 0 Å². The molecule has 1 aromatic heterocycles. The van der Waals surface area contributed by atoms with Crippen LogP contribution in [-0.2, 0) is 4.74 Å². The summed E-state index contributed by atoms with van der Waals surface area (Å²) in [6.45, 7) is 1.55. The maximum atomic E-state index is 11.9. The fourth-order valence-corrected chi connectivity index (χ4v) is 2.60. The molecule has 22 heavy (non-hydrogen) atoms. The van der Waals surface area contributed by atoms with Crippen molar-refractivity contribution in [2.24, 2.45) is 0 Å². The number of carbonyl (C=O) groups excluding carboxylic acids is 1. The minimum Gasteiger partial charge on any atom is -0.385 e. The zero-order chi connectivity index (χ0) is 15.6. The number of nitrogens with one attached hydrogen (secondary N) is 3. The third kappa shape index (κ3) is 5.89. The van der Waals surface area contributed by atoms with Crippen molar-refractivity contribution in [2.75, 3.05) is 30.9 Å². The number of rotatable bonds is 7. The number of urea groups is 1. The molecular formula is C16H26N4O2. The number of methoxy groups -OCH3 is 1. The fourth-order valence-electron chi connectivity index (χ4n) is 2.60. The first-order chi connectivity index (χ1) is 10.8. The second kappa shape index (κ2) is 9.25. The fraction of sp³-hybridized carbons (Fsp3) is 0.625. The monoisotopic (exact) mass is 306 g/mol. The topological polar surface area (TPSA) is 75.3 Å². The normalized spacial score (nSPS) is 15.3. The number of hydrogen-bond acceptors (Lipinski definition) is 4. The molecule has 0 atom stereocenters. The molecular weight excluding hydrogens is 280 g/mol. The van der Waals surface area contributed by atoms with Gasteiger partial charge in [-0.25, -0.2) is 9.78 Å². The van der Waals surface area contributed by atoms with Gasteiger partial charge in [0.1, 0.15) is 5.82 Å². The van der Waals surface area contributed by atoms with Crippen LogP contribution in [0.2, 0.25) is 0 Å². The van der Waals surface area contributed by atoms with E-state index in [1.807, 2.05) is 12.1 Å². The van der Waals surface area contributed by atoms with Crippen LogP contribution in [0, 0.1) is 0 Å². The van der Waals surface area contributed by atoms with Gasteiger partial charge >= 0.3 is 6.03 Å². The van der Waals surface area contributed by atoms with E-state index in [0.717, 1.165) is 38.2 Å². The summed E-state index contributed by atoms with van der Waals surface area (Å²) in [5.74, 6) is 0.800. The van der Waals surface area contributed by atoms with Crippen LogP contribution < -0.4 is 16.0 Å². The predicted molar refractivity (Wildman–Crippen MR) is 88.2 cm³/mol. The Morgan fingerprint density at radius 1 is 1.32 bits per heavy atom. The third-order valence-electron chi connectivity index (χ3n) is 3.79. The Morgan fingerprint density at radius 3 is 2.82 bits per heavy atom. The molecule has 122 valence electrons. The van der Waals surface area contributed by atoms with Crippen molar-refractivity contribution < 1.29 is 9.53 Å². The number of ether oxygens (including phenoxy) is 1. The van der Waals surface area contributed by atoms with E-state index < -0.39 is 0 Å². The highest BCUT2D eigenvalue weighted by Gasteiger charge is 2.15. The van der Waals surface area contributed by atoms with Crippen molar-refractivity contribution in [1.29, 1.82) is 0 Å². The molecule has 2 rings (SSSR count). The van der Waals surface area contributed by atoms with Crippen LogP contribution in [0.1, 0.15) is 38.5 Å². The Morgan fingerprint density at radius 2 is 2.14 bits per heavy atom. The second-order valence-electron chi connectivity index (χ2n) is 5.64. The van der Waals surface area contributed by atoms with Gasteiger partial charge in [0, 0.05) is 26.3 Å². The summed E-state index contributed by atoms with van der Waals surface area (Å²) in [7, 11) is 1.69. The number of carbonyl (C=O) groups is 1. The van der Waals surface area contributed by atoms with Gasteiger partial charge in [-0.1, -0.05) is 19.3 Å². The Balaban J connectivity index is 1.71. The number of nitrogens with zero attached hydrogens (tertiary/aromatic N) is 1. The van der Waals surface area contributed by atoms with E-state index in [1.165, 1.54) is 19.3 Å². The van der Waals surface area contributed by atoms with Crippen LogP contribution in [0.3, 0.4) is 0 Å². The first-order valence-corrected chi connectivity index (χ1v) is 8.04. The molecule has 1 aliphatic carbocycles. The van der Waals surface area contributed by atoms with Crippen molar-refractivity contribution in [1.82, 2.24) is 10.3 Å². The first-order valence-electron chi connectivity index (χ1n) is 8.04. The molecule has 1 aromatic rings. The lowest BCUT2D eigenvalue weighted by Crippen LogP contribution is -2.39. The molecule has 2 amide bonds. The second-order valence-corrected chi connectivity index (χ2v) is 5.64. The quantitative estimate of drug-likeness (QED) is 0.677. The number of pyridine rings is 1. The molecule has 0 saturated heterocycles. The van der Waals surface area contributed by atoms with Gasteiger partial charge in [0.2, 0.25) is 0 Å². The molecule has 0 radical (unpaired) electrons. The van der Waals surface area contributed by atoms with Gasteiger partial charge in [-0.15, -0.1) is 0 Å². The average molecular weight is 306 g/mol. The lowest BCUT2D eigenvalue weighted by Gasteiger charge is -2.22. The molecule has 0 bridgehead atoms.